The molecule has 0 saturated carbocycles. The van der Waals surface area contributed by atoms with Crippen LogP contribution in [0.3, 0.4) is 0 Å². The Hall–Kier alpha value is -6.62. The number of ether oxygens (including phenoxy) is 8. The fraction of sp³-hybridized carbons (Fsp3) is 0.333. The zero-order valence-corrected chi connectivity index (χ0v) is 34.4. The molecule has 0 radical (unpaired) electrons. The Kier molecular flexibility index (Phi) is 22.2. The first-order valence-electron chi connectivity index (χ1n) is 19.8. The fourth-order valence-corrected chi connectivity index (χ4v) is 4.84. The van der Waals surface area contributed by atoms with E-state index in [9.17, 15) is 9.59 Å². The van der Waals surface area contributed by atoms with Gasteiger partial charge in [0.15, 0.2) is 0 Å². The fourth-order valence-electron chi connectivity index (χ4n) is 4.84. The van der Waals surface area contributed by atoms with Crippen LogP contribution in [-0.2, 0) is 33.3 Å². The van der Waals surface area contributed by atoms with Gasteiger partial charge < -0.3 is 37.9 Å². The van der Waals surface area contributed by atoms with Crippen molar-refractivity contribution in [3.05, 3.63) is 116 Å². The molecule has 0 bridgehead atoms. The molecule has 0 aromatic heterocycles. The van der Waals surface area contributed by atoms with Crippen molar-refractivity contribution in [2.45, 2.75) is 25.7 Å². The van der Waals surface area contributed by atoms with Crippen LogP contribution in [0.25, 0.3) is 0 Å². The molecule has 4 aromatic rings. The summed E-state index contributed by atoms with van der Waals surface area (Å²) in [6, 6.07) is 27.0. The summed E-state index contributed by atoms with van der Waals surface area (Å²) in [5.41, 5.74) is 3.59. The smallest absolute Gasteiger partial charge is 0.330 e. The van der Waals surface area contributed by atoms with Crippen molar-refractivity contribution in [1.82, 2.24) is 0 Å². The topological polar surface area (TPSA) is 182 Å². The van der Waals surface area contributed by atoms with Crippen LogP contribution < -0.4 is 14.2 Å². The third-order valence-electron chi connectivity index (χ3n) is 8.03. The van der Waals surface area contributed by atoms with E-state index in [4.69, 9.17) is 37.9 Å². The van der Waals surface area contributed by atoms with Gasteiger partial charge in [0.2, 0.25) is 0 Å². The normalized spacial score (nSPS) is 11.2. The maximum atomic E-state index is 11.1. The van der Waals surface area contributed by atoms with Gasteiger partial charge in [0.05, 0.1) is 87.9 Å². The molecule has 0 spiro atoms. The number of hydrogen-bond acceptors (Lipinski definition) is 16. The van der Waals surface area contributed by atoms with Crippen LogP contribution in [0, 0.1) is 0 Å². The minimum absolute atomic E-state index is 0.259. The second-order valence-electron chi connectivity index (χ2n) is 12.7. The van der Waals surface area contributed by atoms with Gasteiger partial charge in [-0.3, -0.25) is 0 Å². The van der Waals surface area contributed by atoms with E-state index in [2.05, 4.69) is 43.8 Å². The summed E-state index contributed by atoms with van der Waals surface area (Å²) >= 11 is 0. The molecule has 322 valence electrons. The third-order valence-corrected chi connectivity index (χ3v) is 8.03. The zero-order chi connectivity index (χ0) is 43.2. The highest BCUT2D eigenvalue weighted by molar-refractivity contribution is 5.81. The van der Waals surface area contributed by atoms with Gasteiger partial charge in [-0.05, 0) is 111 Å². The SMILES string of the molecule is C=CC(=O)OCCCCOc1ccc(/N=N/c2ccc(/N=N/c3ccc(/N=N/c4ccc(OCCCCOC(=O)C=C)cc4)cc3OCCOCCOCCOC)cc2)cc1. The number of benzene rings is 4. The summed E-state index contributed by atoms with van der Waals surface area (Å²) in [6.07, 6.45) is 5.16. The van der Waals surface area contributed by atoms with Gasteiger partial charge in [-0.15, -0.1) is 5.11 Å². The maximum absolute atomic E-state index is 11.1. The predicted octanol–water partition coefficient (Wildman–Crippen LogP) is 10.8. The molecule has 4 aromatic carbocycles. The quantitative estimate of drug-likeness (QED) is 0.0212. The first-order chi connectivity index (χ1) is 29.9. The van der Waals surface area contributed by atoms with Crippen LogP contribution >= 0.6 is 0 Å². The van der Waals surface area contributed by atoms with E-state index in [0.717, 1.165) is 25.0 Å². The highest BCUT2D eigenvalue weighted by Crippen LogP contribution is 2.34. The number of rotatable bonds is 30. The predicted molar refractivity (Wildman–Crippen MR) is 229 cm³/mol. The van der Waals surface area contributed by atoms with Crippen LogP contribution in [-0.4, -0.2) is 85.1 Å². The number of methoxy groups -OCH3 is 1. The molecule has 0 fully saturated rings. The average molecular weight is 837 g/mol. The molecular formula is C45H52N6O10. The number of azo groups is 3. The van der Waals surface area contributed by atoms with Crippen molar-refractivity contribution in [1.29, 1.82) is 0 Å². The Morgan fingerprint density at radius 1 is 0.459 bits per heavy atom. The van der Waals surface area contributed by atoms with Crippen LogP contribution in [0.15, 0.2) is 147 Å². The molecule has 4 rings (SSSR count). The standard InChI is InChI=1S/C45H52N6O10/c1-4-44(52)60-26-8-6-24-57-40-19-14-37(15-20-40)47-46-35-10-12-36(13-11-35)49-51-42-23-18-39(34-43(42)59-33-32-56-31-30-55-29-28-54-3)50-48-38-16-21-41(22-17-38)58-25-7-9-27-61-45(53)5-2/h4-5,10-23,34H,1-2,6-9,24-33H2,3H3/b47-46+,50-48+,51-49+. The molecule has 0 unspecified atom stereocenters. The lowest BCUT2D eigenvalue weighted by Gasteiger charge is -2.10. The van der Waals surface area contributed by atoms with E-state index in [1.165, 1.54) is 0 Å². The molecule has 0 saturated heterocycles. The number of carbonyl (C=O) groups excluding carboxylic acids is 2. The highest BCUT2D eigenvalue weighted by atomic mass is 16.6. The Labute approximate surface area is 355 Å². The lowest BCUT2D eigenvalue weighted by molar-refractivity contribution is -0.138. The van der Waals surface area contributed by atoms with Gasteiger partial charge in [0.25, 0.3) is 0 Å². The monoisotopic (exact) mass is 836 g/mol. The van der Waals surface area contributed by atoms with Crippen molar-refractivity contribution in [3.8, 4) is 17.2 Å². The maximum Gasteiger partial charge on any atom is 0.330 e. The molecule has 0 heterocycles. The minimum Gasteiger partial charge on any atom is -0.494 e. The van der Waals surface area contributed by atoms with Crippen molar-refractivity contribution >= 4 is 46.1 Å². The van der Waals surface area contributed by atoms with E-state index in [-0.39, 0.29) is 6.61 Å². The number of unbranched alkanes of at least 4 members (excludes halogenated alkanes) is 2. The molecule has 16 heteroatoms. The zero-order valence-electron chi connectivity index (χ0n) is 34.4. The highest BCUT2D eigenvalue weighted by Gasteiger charge is 2.07. The molecule has 0 N–H and O–H groups in total. The van der Waals surface area contributed by atoms with Crippen LogP contribution in [0.5, 0.6) is 17.2 Å². The lowest BCUT2D eigenvalue weighted by Crippen LogP contribution is -2.12. The molecule has 0 atom stereocenters. The Bertz CT molecular complexity index is 2010. The summed E-state index contributed by atoms with van der Waals surface area (Å²) in [4.78, 5) is 22.2. The van der Waals surface area contributed by atoms with Crippen LogP contribution in [0.2, 0.25) is 0 Å². The number of esters is 2. The Morgan fingerprint density at radius 2 is 0.852 bits per heavy atom. The molecule has 0 aliphatic heterocycles. The van der Waals surface area contributed by atoms with Crippen molar-refractivity contribution in [2.75, 3.05) is 73.2 Å². The largest absolute Gasteiger partial charge is 0.494 e. The lowest BCUT2D eigenvalue weighted by atomic mass is 10.2. The van der Waals surface area contributed by atoms with E-state index in [1.54, 1.807) is 61.7 Å². The first-order valence-corrected chi connectivity index (χ1v) is 19.8. The van der Waals surface area contributed by atoms with Crippen LogP contribution in [0.1, 0.15) is 25.7 Å². The molecule has 0 aliphatic rings. The summed E-state index contributed by atoms with van der Waals surface area (Å²) in [5, 5.41) is 26.3. The van der Waals surface area contributed by atoms with Crippen LogP contribution in [0.4, 0.5) is 34.1 Å². The summed E-state index contributed by atoms with van der Waals surface area (Å²) in [7, 11) is 1.62. The minimum atomic E-state index is -0.430. The molecule has 16 nitrogen and oxygen atoms in total. The average Bonchev–Trinajstić information content (AvgIpc) is 3.29. The van der Waals surface area contributed by atoms with E-state index >= 15 is 0 Å². The Morgan fingerprint density at radius 3 is 1.33 bits per heavy atom. The molecule has 0 aliphatic carbocycles. The summed E-state index contributed by atoms with van der Waals surface area (Å²) in [5.74, 6) is 1.00. The second-order valence-corrected chi connectivity index (χ2v) is 12.7. The summed E-state index contributed by atoms with van der Waals surface area (Å²) < 4.78 is 43.6. The molecule has 61 heavy (non-hydrogen) atoms. The third kappa shape index (κ3) is 19.8. The van der Waals surface area contributed by atoms with E-state index < -0.39 is 11.9 Å². The summed E-state index contributed by atoms with van der Waals surface area (Å²) in [6.45, 7) is 10.9. The van der Waals surface area contributed by atoms with Crippen molar-refractivity contribution < 1.29 is 47.5 Å². The van der Waals surface area contributed by atoms with Gasteiger partial charge in [0, 0.05) is 25.3 Å². The number of hydrogen-bond donors (Lipinski definition) is 0. The van der Waals surface area contributed by atoms with Gasteiger partial charge in [-0.25, -0.2) is 9.59 Å². The first kappa shape index (κ1) is 47.1. The van der Waals surface area contributed by atoms with Crippen molar-refractivity contribution in [3.63, 3.8) is 0 Å². The van der Waals surface area contributed by atoms with Gasteiger partial charge >= 0.3 is 11.9 Å². The van der Waals surface area contributed by atoms with Gasteiger partial charge in [0.1, 0.15) is 29.5 Å². The van der Waals surface area contributed by atoms with E-state index in [1.807, 2.05) is 36.4 Å². The van der Waals surface area contributed by atoms with Crippen molar-refractivity contribution in [2.24, 2.45) is 30.7 Å². The molecule has 0 amide bonds. The second kappa shape index (κ2) is 28.7. The van der Waals surface area contributed by atoms with Gasteiger partial charge in [-0.1, -0.05) is 13.2 Å². The number of carbonyl (C=O) groups is 2. The molecular weight excluding hydrogens is 785 g/mol. The van der Waals surface area contributed by atoms with E-state index in [0.29, 0.717) is 124 Å². The Balaban J connectivity index is 1.30. The number of nitrogens with zero attached hydrogens (tertiary/aromatic N) is 6. The van der Waals surface area contributed by atoms with Gasteiger partial charge in [-0.2, -0.15) is 25.6 Å².